The fourth-order valence-electron chi connectivity index (χ4n) is 3.86. The minimum atomic E-state index is -0.470. The molecule has 0 bridgehead atoms. The van der Waals surface area contributed by atoms with Crippen LogP contribution in [0, 0.1) is 0 Å². The minimum absolute atomic E-state index is 0.0499. The van der Waals surface area contributed by atoms with E-state index < -0.39 is 6.09 Å². The fourth-order valence-corrected chi connectivity index (χ4v) is 3.86. The molecule has 11 heteroatoms. The smallest absolute Gasteiger partial charge is 0.415 e. The predicted octanol–water partition coefficient (Wildman–Crippen LogP) is 2.38. The fraction of sp³-hybridized carbons (Fsp3) is 0.292. The Morgan fingerprint density at radius 3 is 3.00 bits per heavy atom. The van der Waals surface area contributed by atoms with Gasteiger partial charge in [0.2, 0.25) is 0 Å². The van der Waals surface area contributed by atoms with Crippen LogP contribution in [0.2, 0.25) is 0 Å². The monoisotopic (exact) mass is 476 g/mol. The largest absolute Gasteiger partial charge is 0.497 e. The van der Waals surface area contributed by atoms with Crippen LogP contribution in [0.25, 0.3) is 11.3 Å². The number of benzene rings is 1. The number of amides is 2. The number of cyclic esters (lactones) is 1. The number of rotatable bonds is 8. The third-order valence-electron chi connectivity index (χ3n) is 5.61. The zero-order chi connectivity index (χ0) is 24.2. The van der Waals surface area contributed by atoms with Gasteiger partial charge in [-0.15, -0.1) is 0 Å². The molecule has 1 aromatic carbocycles. The quantitative estimate of drug-likeness (QED) is 0.471. The van der Waals surface area contributed by atoms with E-state index in [-0.39, 0.29) is 18.6 Å². The molecule has 2 aliphatic rings. The zero-order valence-corrected chi connectivity index (χ0v) is 19.1. The van der Waals surface area contributed by atoms with Gasteiger partial charge in [0.1, 0.15) is 17.7 Å². The van der Waals surface area contributed by atoms with Crippen LogP contribution < -0.4 is 25.0 Å². The Hall–Kier alpha value is -4.25. The number of carbonyl (C=O) groups excluding carboxylic acids is 2. The Morgan fingerprint density at radius 1 is 1.20 bits per heavy atom. The molecular formula is C24H24N6O5. The molecular weight excluding hydrogens is 452 g/mol. The van der Waals surface area contributed by atoms with Crippen LogP contribution in [0.15, 0.2) is 48.8 Å². The van der Waals surface area contributed by atoms with Crippen molar-refractivity contribution >= 4 is 23.6 Å². The van der Waals surface area contributed by atoms with Crippen LogP contribution in [0.1, 0.15) is 12.1 Å². The molecule has 1 saturated heterocycles. The SMILES string of the molecule is COc1cccc(-c2cncc(CNCCC3CN(c4ccc5c(n4)NC(=O)CO5)C(=O)O3)n2)c1. The number of nitrogens with one attached hydrogen (secondary N) is 2. The Bertz CT molecular complexity index is 1250. The highest BCUT2D eigenvalue weighted by Gasteiger charge is 2.33. The summed E-state index contributed by atoms with van der Waals surface area (Å²) < 4.78 is 16.1. The molecule has 5 rings (SSSR count). The number of carbonyl (C=O) groups is 2. The Kier molecular flexibility index (Phi) is 6.40. The topological polar surface area (TPSA) is 128 Å². The lowest BCUT2D eigenvalue weighted by Crippen LogP contribution is -2.29. The molecule has 4 heterocycles. The van der Waals surface area contributed by atoms with Crippen molar-refractivity contribution in [3.63, 3.8) is 0 Å². The first kappa shape index (κ1) is 22.5. The highest BCUT2D eigenvalue weighted by Crippen LogP contribution is 2.30. The van der Waals surface area contributed by atoms with E-state index in [2.05, 4.69) is 25.6 Å². The molecule has 2 aliphatic heterocycles. The second-order valence-electron chi connectivity index (χ2n) is 8.06. The lowest BCUT2D eigenvalue weighted by molar-refractivity contribution is -0.118. The number of hydrogen-bond donors (Lipinski definition) is 2. The van der Waals surface area contributed by atoms with Crippen molar-refractivity contribution in [1.29, 1.82) is 0 Å². The number of aromatic nitrogens is 3. The van der Waals surface area contributed by atoms with Crippen molar-refractivity contribution in [2.24, 2.45) is 0 Å². The van der Waals surface area contributed by atoms with E-state index in [0.717, 1.165) is 22.7 Å². The van der Waals surface area contributed by atoms with Gasteiger partial charge in [0.05, 0.1) is 31.2 Å². The van der Waals surface area contributed by atoms with Gasteiger partial charge < -0.3 is 24.8 Å². The second kappa shape index (κ2) is 9.94. The third kappa shape index (κ3) is 5.14. The average molecular weight is 476 g/mol. The minimum Gasteiger partial charge on any atom is -0.497 e. The van der Waals surface area contributed by atoms with Crippen LogP contribution in [0.3, 0.4) is 0 Å². The van der Waals surface area contributed by atoms with Gasteiger partial charge in [-0.1, -0.05) is 12.1 Å². The molecule has 0 aliphatic carbocycles. The van der Waals surface area contributed by atoms with Crippen molar-refractivity contribution in [3.8, 4) is 22.8 Å². The first-order valence-electron chi connectivity index (χ1n) is 11.2. The van der Waals surface area contributed by atoms with E-state index in [4.69, 9.17) is 14.2 Å². The molecule has 0 radical (unpaired) electrons. The first-order valence-corrected chi connectivity index (χ1v) is 11.2. The highest BCUT2D eigenvalue weighted by atomic mass is 16.6. The van der Waals surface area contributed by atoms with Gasteiger partial charge in [0, 0.05) is 18.3 Å². The van der Waals surface area contributed by atoms with E-state index in [9.17, 15) is 9.59 Å². The molecule has 11 nitrogen and oxygen atoms in total. The number of ether oxygens (including phenoxy) is 3. The Morgan fingerprint density at radius 2 is 2.11 bits per heavy atom. The maximum absolute atomic E-state index is 12.4. The molecule has 180 valence electrons. The van der Waals surface area contributed by atoms with Gasteiger partial charge in [-0.3, -0.25) is 14.7 Å². The average Bonchev–Trinajstić information content (AvgIpc) is 3.26. The van der Waals surface area contributed by atoms with Crippen molar-refractivity contribution in [2.75, 3.05) is 37.0 Å². The van der Waals surface area contributed by atoms with Crippen LogP contribution in [0.4, 0.5) is 16.4 Å². The summed E-state index contributed by atoms with van der Waals surface area (Å²) in [5, 5.41) is 5.97. The summed E-state index contributed by atoms with van der Waals surface area (Å²) in [7, 11) is 1.63. The summed E-state index contributed by atoms with van der Waals surface area (Å²) in [6.07, 6.45) is 3.31. The number of anilines is 2. The van der Waals surface area contributed by atoms with Crippen LogP contribution >= 0.6 is 0 Å². The molecule has 2 aromatic heterocycles. The lowest BCUT2D eigenvalue weighted by atomic mass is 10.1. The Balaban J connectivity index is 1.13. The number of hydrogen-bond acceptors (Lipinski definition) is 9. The van der Waals surface area contributed by atoms with E-state index in [1.807, 2.05) is 24.3 Å². The van der Waals surface area contributed by atoms with E-state index in [1.165, 1.54) is 4.90 Å². The lowest BCUT2D eigenvalue weighted by Gasteiger charge is -2.19. The molecule has 1 fully saturated rings. The summed E-state index contributed by atoms with van der Waals surface area (Å²) >= 11 is 0. The second-order valence-corrected chi connectivity index (χ2v) is 8.06. The number of methoxy groups -OCH3 is 1. The third-order valence-corrected chi connectivity index (χ3v) is 5.61. The summed E-state index contributed by atoms with van der Waals surface area (Å²) in [6, 6.07) is 11.0. The predicted molar refractivity (Wildman–Crippen MR) is 126 cm³/mol. The van der Waals surface area contributed by atoms with Gasteiger partial charge in [-0.2, -0.15) is 0 Å². The molecule has 3 aromatic rings. The van der Waals surface area contributed by atoms with Crippen LogP contribution in [-0.2, 0) is 16.1 Å². The highest BCUT2D eigenvalue weighted by molar-refractivity contribution is 5.95. The van der Waals surface area contributed by atoms with E-state index in [0.29, 0.717) is 43.4 Å². The first-order chi connectivity index (χ1) is 17.1. The van der Waals surface area contributed by atoms with E-state index >= 15 is 0 Å². The number of fused-ring (bicyclic) bond motifs is 1. The molecule has 0 saturated carbocycles. The van der Waals surface area contributed by atoms with Gasteiger partial charge >= 0.3 is 6.09 Å². The molecule has 35 heavy (non-hydrogen) atoms. The maximum atomic E-state index is 12.4. The molecule has 2 amide bonds. The maximum Gasteiger partial charge on any atom is 0.415 e. The van der Waals surface area contributed by atoms with Gasteiger partial charge in [0.25, 0.3) is 5.91 Å². The molecule has 0 spiro atoms. The molecule has 2 N–H and O–H groups in total. The standard InChI is InChI=1S/C24H24N6O5/c1-33-17-4-2-3-15(9-17)19-12-26-11-16(27-19)10-25-8-7-18-13-30(24(32)35-18)21-6-5-20-23(28-21)29-22(31)14-34-20/h2-6,9,11-12,18,25H,7-8,10,13-14H2,1H3,(H,28,29,31). The Labute approximate surface area is 201 Å². The molecule has 1 unspecified atom stereocenters. The number of pyridine rings is 1. The number of nitrogens with zero attached hydrogens (tertiary/aromatic N) is 4. The summed E-state index contributed by atoms with van der Waals surface area (Å²) in [4.78, 5) is 38.7. The summed E-state index contributed by atoms with van der Waals surface area (Å²) in [5.41, 5.74) is 2.50. The van der Waals surface area contributed by atoms with Crippen molar-refractivity contribution in [2.45, 2.75) is 19.1 Å². The molecule has 1 atom stereocenters. The summed E-state index contributed by atoms with van der Waals surface area (Å²) in [5.74, 6) is 1.65. The van der Waals surface area contributed by atoms with Gasteiger partial charge in [0.15, 0.2) is 18.2 Å². The van der Waals surface area contributed by atoms with E-state index in [1.54, 1.807) is 31.6 Å². The normalized spacial score (nSPS) is 16.8. The van der Waals surface area contributed by atoms with Crippen molar-refractivity contribution in [1.82, 2.24) is 20.3 Å². The van der Waals surface area contributed by atoms with Crippen LogP contribution in [0.5, 0.6) is 11.5 Å². The zero-order valence-electron chi connectivity index (χ0n) is 19.1. The van der Waals surface area contributed by atoms with Crippen molar-refractivity contribution < 1.29 is 23.8 Å². The van der Waals surface area contributed by atoms with Gasteiger partial charge in [-0.05, 0) is 37.2 Å². The summed E-state index contributed by atoms with van der Waals surface area (Å²) in [6.45, 7) is 1.47. The van der Waals surface area contributed by atoms with Gasteiger partial charge in [-0.25, -0.2) is 14.8 Å². The van der Waals surface area contributed by atoms with Crippen LogP contribution in [-0.4, -0.2) is 59.9 Å². The van der Waals surface area contributed by atoms with Crippen molar-refractivity contribution in [3.05, 3.63) is 54.5 Å².